The summed E-state index contributed by atoms with van der Waals surface area (Å²) in [6, 6.07) is 3.32. The predicted molar refractivity (Wildman–Crippen MR) is 67.1 cm³/mol. The van der Waals surface area contributed by atoms with Gasteiger partial charge in [0.25, 0.3) is 0 Å². The van der Waals surface area contributed by atoms with E-state index in [2.05, 4.69) is 4.90 Å². The molecule has 3 N–H and O–H groups in total. The van der Waals surface area contributed by atoms with Crippen molar-refractivity contribution in [3.63, 3.8) is 0 Å². The molecule has 2 aliphatic heterocycles. The summed E-state index contributed by atoms with van der Waals surface area (Å²) in [4.78, 5) is 2.16. The van der Waals surface area contributed by atoms with Crippen LogP contribution in [0.25, 0.3) is 0 Å². The summed E-state index contributed by atoms with van der Waals surface area (Å²) in [6.45, 7) is 4.29. The molecule has 6 nitrogen and oxygen atoms in total. The number of nitrogens with two attached hydrogens (primary N) is 1. The first-order valence-electron chi connectivity index (χ1n) is 6.11. The molecule has 18 heavy (non-hydrogen) atoms. The van der Waals surface area contributed by atoms with E-state index in [1.54, 1.807) is 17.1 Å². The zero-order valence-corrected chi connectivity index (χ0v) is 10.1. The maximum Gasteiger partial charge on any atom is 0.184 e. The summed E-state index contributed by atoms with van der Waals surface area (Å²) in [7, 11) is 0. The number of benzene rings is 1. The van der Waals surface area contributed by atoms with Crippen molar-refractivity contribution in [2.24, 2.45) is 5.84 Å². The second-order valence-corrected chi connectivity index (χ2v) is 4.51. The average Bonchev–Trinajstić information content (AvgIpc) is 2.38. The summed E-state index contributed by atoms with van der Waals surface area (Å²) in [6.07, 6.45) is 0. The third kappa shape index (κ3) is 2.04. The quantitative estimate of drug-likeness (QED) is 0.693. The molecule has 0 amide bonds. The molecule has 0 bridgehead atoms. The van der Waals surface area contributed by atoms with Crippen molar-refractivity contribution in [1.29, 1.82) is 0 Å². The molecule has 2 heterocycles. The first kappa shape index (κ1) is 11.4. The third-order valence-electron chi connectivity index (χ3n) is 3.26. The lowest BCUT2D eigenvalue weighted by Crippen LogP contribution is -2.49. The van der Waals surface area contributed by atoms with E-state index in [4.69, 9.17) is 15.3 Å². The number of phenols is 1. The van der Waals surface area contributed by atoms with E-state index in [1.807, 2.05) is 0 Å². The van der Waals surface area contributed by atoms with Crippen LogP contribution in [0.3, 0.4) is 0 Å². The van der Waals surface area contributed by atoms with Gasteiger partial charge in [0, 0.05) is 38.3 Å². The minimum Gasteiger partial charge on any atom is -0.508 e. The Hall–Kier alpha value is -1.66. The lowest BCUT2D eigenvalue weighted by Gasteiger charge is -2.35. The molecule has 0 spiro atoms. The Morgan fingerprint density at radius 3 is 2.56 bits per heavy atom. The van der Waals surface area contributed by atoms with Crippen molar-refractivity contribution in [2.45, 2.75) is 0 Å². The molecule has 0 atom stereocenters. The lowest BCUT2D eigenvalue weighted by atomic mass is 10.2. The van der Waals surface area contributed by atoms with Gasteiger partial charge in [-0.15, -0.1) is 0 Å². The van der Waals surface area contributed by atoms with Crippen LogP contribution in [0.15, 0.2) is 12.1 Å². The fourth-order valence-corrected chi connectivity index (χ4v) is 2.32. The lowest BCUT2D eigenvalue weighted by molar-refractivity contribution is 0.170. The van der Waals surface area contributed by atoms with Gasteiger partial charge in [0.2, 0.25) is 0 Å². The Morgan fingerprint density at radius 1 is 1.06 bits per heavy atom. The van der Waals surface area contributed by atoms with Crippen LogP contribution < -0.4 is 20.2 Å². The average molecular weight is 251 g/mol. The van der Waals surface area contributed by atoms with Gasteiger partial charge in [-0.2, -0.15) is 0 Å². The number of fused-ring (bicyclic) bond motifs is 1. The molecule has 1 aromatic carbocycles. The SMILES string of the molecule is NN1CCN(c2cc(O)cc3c2OCCO3)CC1. The minimum absolute atomic E-state index is 0.199. The van der Waals surface area contributed by atoms with Crippen LogP contribution >= 0.6 is 0 Å². The van der Waals surface area contributed by atoms with E-state index in [0.717, 1.165) is 37.6 Å². The highest BCUT2D eigenvalue weighted by Crippen LogP contribution is 2.43. The molecule has 98 valence electrons. The van der Waals surface area contributed by atoms with Crippen molar-refractivity contribution in [1.82, 2.24) is 5.01 Å². The summed E-state index contributed by atoms with van der Waals surface area (Å²) in [5.41, 5.74) is 0.887. The largest absolute Gasteiger partial charge is 0.508 e. The molecule has 0 unspecified atom stereocenters. The molecule has 2 aliphatic rings. The van der Waals surface area contributed by atoms with Crippen LogP contribution in [-0.2, 0) is 0 Å². The molecular formula is C12H17N3O3. The monoisotopic (exact) mass is 251 g/mol. The summed E-state index contributed by atoms with van der Waals surface area (Å²) in [5, 5.41) is 11.5. The van der Waals surface area contributed by atoms with E-state index >= 15 is 0 Å². The summed E-state index contributed by atoms with van der Waals surface area (Å²) >= 11 is 0. The van der Waals surface area contributed by atoms with Gasteiger partial charge in [0.1, 0.15) is 19.0 Å². The highest BCUT2D eigenvalue weighted by Gasteiger charge is 2.23. The van der Waals surface area contributed by atoms with E-state index < -0.39 is 0 Å². The topological polar surface area (TPSA) is 71.2 Å². The number of aromatic hydroxyl groups is 1. The van der Waals surface area contributed by atoms with Crippen molar-refractivity contribution >= 4 is 5.69 Å². The van der Waals surface area contributed by atoms with Gasteiger partial charge in [-0.25, -0.2) is 5.01 Å². The second-order valence-electron chi connectivity index (χ2n) is 4.51. The zero-order valence-electron chi connectivity index (χ0n) is 10.1. The van der Waals surface area contributed by atoms with Gasteiger partial charge in [0.15, 0.2) is 11.5 Å². The minimum atomic E-state index is 0.199. The van der Waals surface area contributed by atoms with E-state index in [9.17, 15) is 5.11 Å². The molecule has 0 saturated carbocycles. The smallest absolute Gasteiger partial charge is 0.184 e. The van der Waals surface area contributed by atoms with Gasteiger partial charge < -0.3 is 19.5 Å². The molecule has 0 aliphatic carbocycles. The van der Waals surface area contributed by atoms with Crippen LogP contribution in [0.5, 0.6) is 17.2 Å². The van der Waals surface area contributed by atoms with Gasteiger partial charge >= 0.3 is 0 Å². The predicted octanol–water partition coefficient (Wildman–Crippen LogP) is 0.159. The van der Waals surface area contributed by atoms with Crippen LogP contribution in [0, 0.1) is 0 Å². The summed E-state index contributed by atoms with van der Waals surface area (Å²) < 4.78 is 11.2. The Labute approximate surface area is 105 Å². The molecule has 1 fully saturated rings. The maximum atomic E-state index is 9.75. The number of hydrogen-bond acceptors (Lipinski definition) is 6. The number of phenolic OH excluding ortho intramolecular Hbond substituents is 1. The Bertz CT molecular complexity index is 444. The number of hydrazine groups is 1. The van der Waals surface area contributed by atoms with Crippen LogP contribution in [0.1, 0.15) is 0 Å². The van der Waals surface area contributed by atoms with Crippen molar-refractivity contribution < 1.29 is 14.6 Å². The van der Waals surface area contributed by atoms with E-state index in [-0.39, 0.29) is 5.75 Å². The van der Waals surface area contributed by atoms with Gasteiger partial charge in [-0.3, -0.25) is 5.84 Å². The first-order valence-corrected chi connectivity index (χ1v) is 6.11. The van der Waals surface area contributed by atoms with E-state index in [1.165, 1.54) is 0 Å². The zero-order chi connectivity index (χ0) is 12.5. The molecule has 3 rings (SSSR count). The fourth-order valence-electron chi connectivity index (χ4n) is 2.32. The maximum absolute atomic E-state index is 9.75. The standard InChI is InChI=1S/C12H17N3O3/c13-15-3-1-14(2-4-15)10-7-9(16)8-11-12(10)18-6-5-17-11/h7-8,16H,1-6,13H2. The third-order valence-corrected chi connectivity index (χ3v) is 3.26. The van der Waals surface area contributed by atoms with Gasteiger partial charge in [0.05, 0.1) is 5.69 Å². The summed E-state index contributed by atoms with van der Waals surface area (Å²) in [5.74, 6) is 7.29. The molecular weight excluding hydrogens is 234 g/mol. The Morgan fingerprint density at radius 2 is 1.78 bits per heavy atom. The fraction of sp³-hybridized carbons (Fsp3) is 0.500. The second kappa shape index (κ2) is 4.55. The molecule has 0 radical (unpaired) electrons. The molecule has 6 heteroatoms. The van der Waals surface area contributed by atoms with Gasteiger partial charge in [-0.05, 0) is 0 Å². The molecule has 1 aromatic rings. The highest BCUT2D eigenvalue weighted by atomic mass is 16.6. The first-order chi connectivity index (χ1) is 8.74. The Kier molecular flexibility index (Phi) is 2.89. The van der Waals surface area contributed by atoms with Crippen molar-refractivity contribution in [3.8, 4) is 17.2 Å². The Balaban J connectivity index is 1.93. The highest BCUT2D eigenvalue weighted by molar-refractivity contribution is 5.68. The van der Waals surface area contributed by atoms with Gasteiger partial charge in [-0.1, -0.05) is 0 Å². The van der Waals surface area contributed by atoms with Crippen LogP contribution in [0.2, 0.25) is 0 Å². The number of piperazine rings is 1. The molecule has 0 aromatic heterocycles. The van der Waals surface area contributed by atoms with Crippen LogP contribution in [0.4, 0.5) is 5.69 Å². The van der Waals surface area contributed by atoms with Crippen molar-refractivity contribution in [2.75, 3.05) is 44.3 Å². The molecule has 1 saturated heterocycles. The number of anilines is 1. The normalized spacial score (nSPS) is 19.9. The number of ether oxygens (including phenoxy) is 2. The van der Waals surface area contributed by atoms with E-state index in [0.29, 0.717) is 19.0 Å². The number of nitrogens with zero attached hydrogens (tertiary/aromatic N) is 2. The number of rotatable bonds is 1. The number of hydrogen-bond donors (Lipinski definition) is 2. The van der Waals surface area contributed by atoms with Crippen LogP contribution in [-0.4, -0.2) is 49.5 Å². The van der Waals surface area contributed by atoms with Crippen molar-refractivity contribution in [3.05, 3.63) is 12.1 Å².